The second kappa shape index (κ2) is 5.86. The van der Waals surface area contributed by atoms with Gasteiger partial charge in [-0.3, -0.25) is 0 Å². The van der Waals surface area contributed by atoms with E-state index in [-0.39, 0.29) is 0 Å². The van der Waals surface area contributed by atoms with E-state index in [1.165, 1.54) is 0 Å². The molecule has 2 aromatic heterocycles. The average Bonchev–Trinajstić information content (AvgIpc) is 2.46. The van der Waals surface area contributed by atoms with E-state index in [2.05, 4.69) is 15.3 Å². The van der Waals surface area contributed by atoms with Crippen LogP contribution in [0.3, 0.4) is 0 Å². The number of pyridine rings is 2. The highest BCUT2D eigenvalue weighted by molar-refractivity contribution is 5.38. The molecule has 0 aliphatic heterocycles. The van der Waals surface area contributed by atoms with Crippen LogP contribution in [0.1, 0.15) is 5.56 Å². The van der Waals surface area contributed by atoms with Gasteiger partial charge in [-0.2, -0.15) is 0 Å². The standard InChI is InChI=1S/C13H15N3O2/c1-17-11-4-5-12(15-9-11)14-7-10-3-6-13(18-2)16-8-10/h3-6,8-9H,7H2,1-2H3,(H,14,15). The van der Waals surface area contributed by atoms with E-state index >= 15 is 0 Å². The fourth-order valence-corrected chi connectivity index (χ4v) is 1.43. The molecule has 1 N–H and O–H groups in total. The predicted octanol–water partition coefficient (Wildman–Crippen LogP) is 2.11. The molecule has 0 bridgehead atoms. The minimum Gasteiger partial charge on any atom is -0.495 e. The van der Waals surface area contributed by atoms with E-state index in [1.54, 1.807) is 26.6 Å². The minimum absolute atomic E-state index is 0.612. The number of nitrogens with zero attached hydrogens (tertiary/aromatic N) is 2. The van der Waals surface area contributed by atoms with Crippen molar-refractivity contribution in [2.45, 2.75) is 6.54 Å². The van der Waals surface area contributed by atoms with E-state index in [0.717, 1.165) is 17.1 Å². The smallest absolute Gasteiger partial charge is 0.212 e. The molecular weight excluding hydrogens is 230 g/mol. The van der Waals surface area contributed by atoms with Gasteiger partial charge in [0.2, 0.25) is 5.88 Å². The zero-order valence-corrected chi connectivity index (χ0v) is 10.4. The maximum atomic E-state index is 5.04. The van der Waals surface area contributed by atoms with Crippen LogP contribution in [0, 0.1) is 0 Å². The normalized spacial score (nSPS) is 9.89. The summed E-state index contributed by atoms with van der Waals surface area (Å²) in [6, 6.07) is 7.53. The van der Waals surface area contributed by atoms with E-state index in [1.807, 2.05) is 24.3 Å². The average molecular weight is 245 g/mol. The fourth-order valence-electron chi connectivity index (χ4n) is 1.43. The number of hydrogen-bond donors (Lipinski definition) is 1. The van der Waals surface area contributed by atoms with Gasteiger partial charge in [-0.05, 0) is 17.7 Å². The Balaban J connectivity index is 1.93. The Morgan fingerprint density at radius 2 is 1.89 bits per heavy atom. The van der Waals surface area contributed by atoms with Crippen molar-refractivity contribution < 1.29 is 9.47 Å². The molecule has 5 nitrogen and oxygen atoms in total. The number of aromatic nitrogens is 2. The highest BCUT2D eigenvalue weighted by Crippen LogP contribution is 2.12. The second-order valence-corrected chi connectivity index (χ2v) is 3.65. The summed E-state index contributed by atoms with van der Waals surface area (Å²) in [5, 5.41) is 3.20. The third kappa shape index (κ3) is 3.10. The van der Waals surface area contributed by atoms with Crippen LogP contribution in [0.15, 0.2) is 36.7 Å². The maximum absolute atomic E-state index is 5.04. The van der Waals surface area contributed by atoms with Crippen molar-refractivity contribution in [1.29, 1.82) is 0 Å². The van der Waals surface area contributed by atoms with E-state index < -0.39 is 0 Å². The molecule has 0 spiro atoms. The molecule has 0 aromatic carbocycles. The molecule has 0 saturated carbocycles. The molecular formula is C13H15N3O2. The van der Waals surface area contributed by atoms with Crippen LogP contribution >= 0.6 is 0 Å². The lowest BCUT2D eigenvalue weighted by Gasteiger charge is -2.06. The summed E-state index contributed by atoms with van der Waals surface area (Å²) in [6.07, 6.45) is 3.45. The van der Waals surface area contributed by atoms with E-state index in [9.17, 15) is 0 Å². The van der Waals surface area contributed by atoms with Crippen LogP contribution in [-0.4, -0.2) is 24.2 Å². The SMILES string of the molecule is COc1ccc(NCc2ccc(OC)nc2)nc1. The summed E-state index contributed by atoms with van der Waals surface area (Å²) in [6.45, 7) is 0.663. The van der Waals surface area contributed by atoms with Crippen LogP contribution in [0.25, 0.3) is 0 Å². The number of anilines is 1. The van der Waals surface area contributed by atoms with Crippen LogP contribution < -0.4 is 14.8 Å². The summed E-state index contributed by atoms with van der Waals surface area (Å²) in [5.41, 5.74) is 1.06. The van der Waals surface area contributed by atoms with Gasteiger partial charge in [0, 0.05) is 18.8 Å². The van der Waals surface area contributed by atoms with Crippen LogP contribution in [0.5, 0.6) is 11.6 Å². The number of rotatable bonds is 5. The van der Waals surface area contributed by atoms with Gasteiger partial charge in [-0.1, -0.05) is 6.07 Å². The highest BCUT2D eigenvalue weighted by Gasteiger charge is 1.98. The molecule has 0 saturated heterocycles. The summed E-state index contributed by atoms with van der Waals surface area (Å²) < 4.78 is 10.0. The van der Waals surface area contributed by atoms with Crippen LogP contribution in [-0.2, 0) is 6.54 Å². The van der Waals surface area contributed by atoms with Crippen molar-refractivity contribution in [3.05, 3.63) is 42.2 Å². The minimum atomic E-state index is 0.612. The Hall–Kier alpha value is -2.30. The van der Waals surface area contributed by atoms with Gasteiger partial charge in [0.1, 0.15) is 11.6 Å². The summed E-state index contributed by atoms with van der Waals surface area (Å²) in [7, 11) is 3.22. The summed E-state index contributed by atoms with van der Waals surface area (Å²) in [4.78, 5) is 8.35. The maximum Gasteiger partial charge on any atom is 0.212 e. The molecule has 18 heavy (non-hydrogen) atoms. The lowest BCUT2D eigenvalue weighted by atomic mass is 10.3. The monoisotopic (exact) mass is 245 g/mol. The third-order valence-corrected chi connectivity index (χ3v) is 2.45. The van der Waals surface area contributed by atoms with E-state index in [4.69, 9.17) is 9.47 Å². The number of hydrogen-bond acceptors (Lipinski definition) is 5. The molecule has 2 heterocycles. The number of ether oxygens (including phenoxy) is 2. The molecule has 0 aliphatic carbocycles. The quantitative estimate of drug-likeness (QED) is 0.874. The van der Waals surface area contributed by atoms with E-state index in [0.29, 0.717) is 12.4 Å². The van der Waals surface area contributed by atoms with Crippen molar-refractivity contribution in [1.82, 2.24) is 9.97 Å². The Labute approximate surface area is 106 Å². The largest absolute Gasteiger partial charge is 0.495 e. The highest BCUT2D eigenvalue weighted by atomic mass is 16.5. The molecule has 2 aromatic rings. The van der Waals surface area contributed by atoms with Crippen molar-refractivity contribution in [2.75, 3.05) is 19.5 Å². The Morgan fingerprint density at radius 1 is 1.00 bits per heavy atom. The lowest BCUT2D eigenvalue weighted by molar-refractivity contribution is 0.397. The second-order valence-electron chi connectivity index (χ2n) is 3.65. The first-order valence-corrected chi connectivity index (χ1v) is 5.54. The van der Waals surface area contributed by atoms with Crippen molar-refractivity contribution >= 4 is 5.82 Å². The molecule has 5 heteroatoms. The molecule has 0 unspecified atom stereocenters. The Bertz CT molecular complexity index is 435. The molecule has 0 radical (unpaired) electrons. The van der Waals surface area contributed by atoms with Gasteiger partial charge in [-0.15, -0.1) is 0 Å². The van der Waals surface area contributed by atoms with Crippen molar-refractivity contribution in [3.63, 3.8) is 0 Å². The Kier molecular flexibility index (Phi) is 3.96. The summed E-state index contributed by atoms with van der Waals surface area (Å²) >= 11 is 0. The first kappa shape index (κ1) is 12.2. The molecule has 2 rings (SSSR count). The fraction of sp³-hybridized carbons (Fsp3) is 0.231. The lowest BCUT2D eigenvalue weighted by Crippen LogP contribution is -2.01. The predicted molar refractivity (Wildman–Crippen MR) is 68.9 cm³/mol. The summed E-state index contributed by atoms with van der Waals surface area (Å²) in [5.74, 6) is 2.15. The molecule has 0 amide bonds. The van der Waals surface area contributed by atoms with Crippen molar-refractivity contribution in [2.24, 2.45) is 0 Å². The molecule has 94 valence electrons. The van der Waals surface area contributed by atoms with Gasteiger partial charge in [0.15, 0.2) is 0 Å². The molecule has 0 fully saturated rings. The molecule has 0 aliphatic rings. The van der Waals surface area contributed by atoms with Gasteiger partial charge in [0.25, 0.3) is 0 Å². The molecule has 0 atom stereocenters. The zero-order valence-electron chi connectivity index (χ0n) is 10.4. The van der Waals surface area contributed by atoms with Gasteiger partial charge < -0.3 is 14.8 Å². The zero-order chi connectivity index (χ0) is 12.8. The van der Waals surface area contributed by atoms with Crippen LogP contribution in [0.2, 0.25) is 0 Å². The first-order chi connectivity index (χ1) is 8.81. The number of methoxy groups -OCH3 is 2. The van der Waals surface area contributed by atoms with Gasteiger partial charge in [0.05, 0.1) is 20.4 Å². The van der Waals surface area contributed by atoms with Gasteiger partial charge in [-0.25, -0.2) is 9.97 Å². The third-order valence-electron chi connectivity index (χ3n) is 2.45. The number of nitrogens with one attached hydrogen (secondary N) is 1. The topological polar surface area (TPSA) is 56.3 Å². The Morgan fingerprint density at radius 3 is 2.44 bits per heavy atom. The van der Waals surface area contributed by atoms with Crippen LogP contribution in [0.4, 0.5) is 5.82 Å². The van der Waals surface area contributed by atoms with Gasteiger partial charge >= 0.3 is 0 Å². The first-order valence-electron chi connectivity index (χ1n) is 5.54. The van der Waals surface area contributed by atoms with Crippen molar-refractivity contribution in [3.8, 4) is 11.6 Å².